The summed E-state index contributed by atoms with van der Waals surface area (Å²) in [6, 6.07) is 0. The van der Waals surface area contributed by atoms with Gasteiger partial charge in [-0.05, 0) is 148 Å². The highest BCUT2D eigenvalue weighted by Gasteiger charge is 2.30. The van der Waals surface area contributed by atoms with Crippen molar-refractivity contribution in [3.63, 3.8) is 0 Å². The Morgan fingerprint density at radius 2 is 0.519 bits per heavy atom. The summed E-state index contributed by atoms with van der Waals surface area (Å²) < 4.78 is 68.6. The van der Waals surface area contributed by atoms with Gasteiger partial charge < -0.3 is 33.8 Å². The first-order valence-electron chi connectivity index (χ1n) is 40.8. The molecule has 0 aliphatic heterocycles. The Morgan fingerprint density at radius 3 is 0.856 bits per heavy atom. The summed E-state index contributed by atoms with van der Waals surface area (Å²) in [4.78, 5) is 73.0. The number of phosphoric ester groups is 2. The van der Waals surface area contributed by atoms with E-state index in [4.69, 9.17) is 37.0 Å². The van der Waals surface area contributed by atoms with Crippen molar-refractivity contribution in [2.75, 3.05) is 39.6 Å². The first-order valence-corrected chi connectivity index (χ1v) is 43.8. The van der Waals surface area contributed by atoms with E-state index in [9.17, 15) is 43.2 Å². The maximum Gasteiger partial charge on any atom is 0.472 e. The maximum absolute atomic E-state index is 13.1. The molecule has 0 fully saturated rings. The van der Waals surface area contributed by atoms with Gasteiger partial charge in [0.2, 0.25) is 0 Å². The van der Waals surface area contributed by atoms with Crippen LogP contribution in [0.4, 0.5) is 0 Å². The lowest BCUT2D eigenvalue weighted by molar-refractivity contribution is -0.161. The van der Waals surface area contributed by atoms with Gasteiger partial charge in [-0.2, -0.15) is 0 Å². The highest BCUT2D eigenvalue weighted by atomic mass is 31.2. The van der Waals surface area contributed by atoms with Crippen LogP contribution in [0.3, 0.4) is 0 Å². The minimum absolute atomic E-state index is 0.0328. The molecule has 0 aromatic heterocycles. The van der Waals surface area contributed by atoms with Gasteiger partial charge in [-0.25, -0.2) is 9.13 Å². The van der Waals surface area contributed by atoms with Gasteiger partial charge >= 0.3 is 39.5 Å². The maximum atomic E-state index is 13.1. The SMILES string of the molecule is CC/C=C\C/C=C\C/C=C\C/C=C\C/C=C\C/C=C\CCC(=O)OC[C@H](COP(=O)(O)OC[C@@H](O)COP(=O)(O)OC[C@@H](COC(=O)CCCCCCC/C=C\CCCCCCCC)OC(=O)CCCCCCC/C=C\C/C=C\CCCCC)OC(=O)CCCCCCC/C=C\CCCCCCCC. The molecule has 0 aliphatic carbocycles. The van der Waals surface area contributed by atoms with Gasteiger partial charge in [0.15, 0.2) is 12.2 Å². The number of phosphoric acid groups is 2. The van der Waals surface area contributed by atoms with Gasteiger partial charge in [0, 0.05) is 25.7 Å². The number of rotatable bonds is 76. The number of aliphatic hydroxyl groups excluding tert-OH is 1. The summed E-state index contributed by atoms with van der Waals surface area (Å²) in [6.07, 6.45) is 84.7. The molecule has 19 heteroatoms. The molecule has 0 aromatic carbocycles. The third kappa shape index (κ3) is 75.7. The number of hydrogen-bond acceptors (Lipinski definition) is 15. The van der Waals surface area contributed by atoms with E-state index in [2.05, 4.69) is 131 Å². The van der Waals surface area contributed by atoms with Crippen molar-refractivity contribution in [1.29, 1.82) is 0 Å². The summed E-state index contributed by atoms with van der Waals surface area (Å²) in [5.41, 5.74) is 0. The molecule has 0 saturated carbocycles. The Kier molecular flexibility index (Phi) is 73.3. The molecule has 17 nitrogen and oxygen atoms in total. The molecule has 0 rings (SSSR count). The number of ether oxygens (including phenoxy) is 4. The summed E-state index contributed by atoms with van der Waals surface area (Å²) >= 11 is 0. The minimum atomic E-state index is -5.00. The normalized spacial score (nSPS) is 14.5. The first-order chi connectivity index (χ1) is 50.7. The van der Waals surface area contributed by atoms with Crippen LogP contribution in [0.2, 0.25) is 0 Å². The number of allylic oxidation sites excluding steroid dienone is 20. The van der Waals surface area contributed by atoms with E-state index >= 15 is 0 Å². The molecule has 0 saturated heterocycles. The molecule has 0 spiro atoms. The van der Waals surface area contributed by atoms with Crippen LogP contribution in [-0.2, 0) is 65.4 Å². The van der Waals surface area contributed by atoms with Crippen LogP contribution in [0.15, 0.2) is 122 Å². The Balaban J connectivity index is 5.44. The lowest BCUT2D eigenvalue weighted by Gasteiger charge is -2.21. The average Bonchev–Trinajstić information content (AvgIpc) is 0.918. The molecule has 104 heavy (non-hydrogen) atoms. The number of carbonyl (C=O) groups is 4. The molecule has 0 amide bonds. The fourth-order valence-corrected chi connectivity index (χ4v) is 12.3. The Bertz CT molecular complexity index is 2440. The van der Waals surface area contributed by atoms with Crippen LogP contribution >= 0.6 is 15.6 Å². The zero-order valence-electron chi connectivity index (χ0n) is 65.4. The fraction of sp³-hybridized carbons (Fsp3) is 0.718. The van der Waals surface area contributed by atoms with Gasteiger partial charge in [-0.1, -0.05) is 284 Å². The van der Waals surface area contributed by atoms with Gasteiger partial charge in [-0.15, -0.1) is 0 Å². The predicted molar refractivity (Wildman–Crippen MR) is 427 cm³/mol. The quantitative estimate of drug-likeness (QED) is 0.0169. The van der Waals surface area contributed by atoms with E-state index in [0.717, 1.165) is 154 Å². The number of hydrogen-bond donors (Lipinski definition) is 3. The summed E-state index contributed by atoms with van der Waals surface area (Å²) in [7, 11) is -9.99. The lowest BCUT2D eigenvalue weighted by atomic mass is 10.1. The third-order valence-electron chi connectivity index (χ3n) is 16.9. The molecule has 0 bridgehead atoms. The van der Waals surface area contributed by atoms with Gasteiger partial charge in [0.25, 0.3) is 0 Å². The van der Waals surface area contributed by atoms with Crippen LogP contribution in [0.25, 0.3) is 0 Å². The second-order valence-electron chi connectivity index (χ2n) is 27.0. The average molecular weight is 1500 g/mol. The van der Waals surface area contributed by atoms with Crippen molar-refractivity contribution < 1.29 is 80.2 Å². The van der Waals surface area contributed by atoms with E-state index in [1.165, 1.54) is 96.3 Å². The molecule has 5 atom stereocenters. The van der Waals surface area contributed by atoms with Gasteiger partial charge in [0.05, 0.1) is 26.4 Å². The minimum Gasteiger partial charge on any atom is -0.462 e. The van der Waals surface area contributed by atoms with Crippen molar-refractivity contribution in [1.82, 2.24) is 0 Å². The van der Waals surface area contributed by atoms with E-state index < -0.39 is 97.5 Å². The topological polar surface area (TPSA) is 237 Å². The van der Waals surface area contributed by atoms with E-state index in [1.54, 1.807) is 0 Å². The Labute approximate surface area is 632 Å². The smallest absolute Gasteiger partial charge is 0.462 e. The third-order valence-corrected chi connectivity index (χ3v) is 18.8. The zero-order valence-corrected chi connectivity index (χ0v) is 67.2. The largest absolute Gasteiger partial charge is 0.472 e. The number of unbranched alkanes of at least 4 members (excludes halogenated alkanes) is 30. The highest BCUT2D eigenvalue weighted by molar-refractivity contribution is 7.47. The molecular formula is C85H146O17P2. The number of esters is 4. The van der Waals surface area contributed by atoms with Crippen LogP contribution < -0.4 is 0 Å². The van der Waals surface area contributed by atoms with Crippen molar-refractivity contribution in [2.45, 2.75) is 354 Å². The zero-order chi connectivity index (χ0) is 76.0. The predicted octanol–water partition coefficient (Wildman–Crippen LogP) is 23.9. The van der Waals surface area contributed by atoms with Crippen molar-refractivity contribution in [3.8, 4) is 0 Å². The van der Waals surface area contributed by atoms with Crippen LogP contribution in [0.1, 0.15) is 336 Å². The molecule has 3 N–H and O–H groups in total. The standard InChI is InChI=1S/C85H146O17P2/c1-5-9-13-17-21-25-29-33-37-38-39-40-44-46-50-54-58-62-66-70-83(88)96-76-81(102-85(90)72-68-64-60-56-52-48-43-36-32-28-24-20-16-12-8-4)78-100-104(93,94)98-74-79(86)73-97-103(91,92)99-77-80(101-84(89)71-67-63-59-55-51-47-42-35-31-27-23-19-15-11-7-3)75-95-82(87)69-65-61-57-53-49-45-41-34-30-26-22-18-14-10-6-2/h9,13,21,23,25,27,33-37,39-43,46,50,58,62,79-81,86H,5-8,10-12,14-20,22,24,26,28-32,38,44-45,47-49,51-57,59-61,63-78H2,1-4H3,(H,91,92)(H,93,94)/b13-9-,25-21-,27-23-,37-33-,40-39-,41-34-,42-35-,43-36-,50-46-,62-58-/t79-,80+,81+/m0/s1. The molecule has 2 unspecified atom stereocenters. The second-order valence-corrected chi connectivity index (χ2v) is 29.9. The molecule has 0 heterocycles. The number of carbonyl (C=O) groups excluding carboxylic acids is 4. The number of aliphatic hydroxyl groups is 1. The molecule has 0 radical (unpaired) electrons. The van der Waals surface area contributed by atoms with Crippen molar-refractivity contribution >= 4 is 39.5 Å². The Morgan fingerprint density at radius 1 is 0.279 bits per heavy atom. The fourth-order valence-electron chi connectivity index (χ4n) is 10.7. The Hall–Kier alpha value is -4.54. The highest BCUT2D eigenvalue weighted by Crippen LogP contribution is 2.45. The van der Waals surface area contributed by atoms with Crippen LogP contribution in [-0.4, -0.2) is 96.7 Å². The monoisotopic (exact) mass is 1500 g/mol. The second kappa shape index (κ2) is 76.6. The van der Waals surface area contributed by atoms with Crippen LogP contribution in [0, 0.1) is 0 Å². The molecule has 0 aliphatic rings. The van der Waals surface area contributed by atoms with Crippen molar-refractivity contribution in [2.24, 2.45) is 0 Å². The molecule has 0 aromatic rings. The molecular weight excluding hydrogens is 1350 g/mol. The summed E-state index contributed by atoms with van der Waals surface area (Å²) in [5, 5.41) is 10.6. The van der Waals surface area contributed by atoms with Gasteiger partial charge in [-0.3, -0.25) is 37.3 Å². The summed E-state index contributed by atoms with van der Waals surface area (Å²) in [5.74, 6) is -2.30. The van der Waals surface area contributed by atoms with Crippen LogP contribution in [0.5, 0.6) is 0 Å². The lowest BCUT2D eigenvalue weighted by Crippen LogP contribution is -2.30. The van der Waals surface area contributed by atoms with E-state index in [0.29, 0.717) is 32.1 Å². The summed E-state index contributed by atoms with van der Waals surface area (Å²) in [6.45, 7) is 4.63. The van der Waals surface area contributed by atoms with E-state index in [1.807, 2.05) is 18.2 Å². The molecule has 598 valence electrons. The van der Waals surface area contributed by atoms with Gasteiger partial charge in [0.1, 0.15) is 19.3 Å². The van der Waals surface area contributed by atoms with E-state index in [-0.39, 0.29) is 25.7 Å². The van der Waals surface area contributed by atoms with Crippen molar-refractivity contribution in [3.05, 3.63) is 122 Å². The first kappa shape index (κ1) is 99.5.